The van der Waals surface area contributed by atoms with Crippen LogP contribution in [0.4, 0.5) is 9.18 Å². The second kappa shape index (κ2) is 11.8. The van der Waals surface area contributed by atoms with Crippen molar-refractivity contribution in [3.8, 4) is 0 Å². The number of nitrogens with one attached hydrogen (secondary N) is 1. The van der Waals surface area contributed by atoms with Gasteiger partial charge in [0.25, 0.3) is 0 Å². The number of hydrogen-bond donors (Lipinski definition) is 2. The first-order valence-corrected chi connectivity index (χ1v) is 12.4. The number of amides is 1. The molecule has 2 N–H and O–H groups in total. The highest BCUT2D eigenvalue weighted by atomic mass is 31.2. The summed E-state index contributed by atoms with van der Waals surface area (Å²) in [6.07, 6.45) is 6.83. The second-order valence-electron chi connectivity index (χ2n) is 8.01. The Balaban J connectivity index is 1.58. The lowest BCUT2D eigenvalue weighted by atomic mass is 9.89. The van der Waals surface area contributed by atoms with Gasteiger partial charge in [0, 0.05) is 18.7 Å². The van der Waals surface area contributed by atoms with Crippen molar-refractivity contribution in [2.24, 2.45) is 11.8 Å². The third-order valence-electron chi connectivity index (χ3n) is 5.60. The first kappa shape index (κ1) is 23.1. The molecule has 162 valence electrons. The van der Waals surface area contributed by atoms with Crippen molar-refractivity contribution in [3.63, 3.8) is 0 Å². The largest absolute Gasteiger partial charge is 0.428 e. The zero-order chi connectivity index (χ0) is 20.4. The number of halogens is 1. The first-order valence-electron chi connectivity index (χ1n) is 10.4. The van der Waals surface area contributed by atoms with Gasteiger partial charge in [0.1, 0.15) is 0 Å². The number of alkyl carbamates (subject to hydrolysis) is 1. The average Bonchev–Trinajstić information content (AvgIpc) is 2.67. The Bertz CT molecular complexity index is 549. The quantitative estimate of drug-likeness (QED) is 0.249. The van der Waals surface area contributed by atoms with Crippen molar-refractivity contribution in [2.75, 3.05) is 19.1 Å². The lowest BCUT2D eigenvalue weighted by Crippen LogP contribution is -2.34. The molecule has 0 radical (unpaired) electrons. The molecule has 0 bridgehead atoms. The highest BCUT2D eigenvalue weighted by molar-refractivity contribution is 7.58. The van der Waals surface area contributed by atoms with Crippen LogP contribution in [0.15, 0.2) is 0 Å². The van der Waals surface area contributed by atoms with Crippen LogP contribution in [0.25, 0.3) is 0 Å². The van der Waals surface area contributed by atoms with Crippen molar-refractivity contribution in [2.45, 2.75) is 76.9 Å². The Hall–Kier alpha value is -1.14. The number of esters is 1. The standard InChI is InChI=1S/C19H33FNO6P/c20-17(11-12-28(24,25)13-15-7-3-1-4-8-15)21-19(23)27-14-26-18(22)16-9-5-2-6-10-16/h15-17H,1-14H2,(H,21,23)(H,24,25). The molecule has 28 heavy (non-hydrogen) atoms. The van der Waals surface area contributed by atoms with Crippen LogP contribution in [0, 0.1) is 11.8 Å². The lowest BCUT2D eigenvalue weighted by Gasteiger charge is -2.24. The van der Waals surface area contributed by atoms with Crippen molar-refractivity contribution in [1.82, 2.24) is 5.32 Å². The maximum Gasteiger partial charge on any atom is 0.412 e. The summed E-state index contributed by atoms with van der Waals surface area (Å²) in [7, 11) is -3.41. The summed E-state index contributed by atoms with van der Waals surface area (Å²) < 4.78 is 35.7. The van der Waals surface area contributed by atoms with E-state index in [0.29, 0.717) is 0 Å². The monoisotopic (exact) mass is 421 g/mol. The van der Waals surface area contributed by atoms with E-state index in [-0.39, 0.29) is 30.6 Å². The van der Waals surface area contributed by atoms with Crippen LogP contribution >= 0.6 is 7.37 Å². The van der Waals surface area contributed by atoms with Crippen LogP contribution in [-0.2, 0) is 18.8 Å². The number of ether oxygens (including phenoxy) is 2. The summed E-state index contributed by atoms with van der Waals surface area (Å²) >= 11 is 0. The Morgan fingerprint density at radius 3 is 2.29 bits per heavy atom. The highest BCUT2D eigenvalue weighted by Gasteiger charge is 2.27. The van der Waals surface area contributed by atoms with Crippen LogP contribution in [0.3, 0.4) is 0 Å². The molecule has 0 heterocycles. The summed E-state index contributed by atoms with van der Waals surface area (Å²) in [6.45, 7) is -0.561. The minimum Gasteiger partial charge on any atom is -0.428 e. The molecule has 2 saturated carbocycles. The molecular weight excluding hydrogens is 388 g/mol. The van der Waals surface area contributed by atoms with Gasteiger partial charge in [-0.1, -0.05) is 38.5 Å². The molecule has 9 heteroatoms. The predicted molar refractivity (Wildman–Crippen MR) is 103 cm³/mol. The zero-order valence-electron chi connectivity index (χ0n) is 16.4. The zero-order valence-corrected chi connectivity index (χ0v) is 17.3. The molecule has 0 aromatic carbocycles. The van der Waals surface area contributed by atoms with Gasteiger partial charge in [-0.3, -0.25) is 14.7 Å². The van der Waals surface area contributed by atoms with Crippen LogP contribution in [-0.4, -0.2) is 42.4 Å². The van der Waals surface area contributed by atoms with E-state index in [9.17, 15) is 23.4 Å². The summed E-state index contributed by atoms with van der Waals surface area (Å²) in [6, 6.07) is 0. The number of carbonyl (C=O) groups is 2. The summed E-state index contributed by atoms with van der Waals surface area (Å²) in [5.74, 6) is -0.315. The Kier molecular flexibility index (Phi) is 9.72. The fourth-order valence-corrected chi connectivity index (χ4v) is 6.00. The molecule has 2 fully saturated rings. The van der Waals surface area contributed by atoms with Crippen LogP contribution in [0.5, 0.6) is 0 Å². The Morgan fingerprint density at radius 1 is 1.04 bits per heavy atom. The van der Waals surface area contributed by atoms with Gasteiger partial charge in [0.2, 0.25) is 14.2 Å². The highest BCUT2D eigenvalue weighted by Crippen LogP contribution is 2.46. The van der Waals surface area contributed by atoms with Crippen molar-refractivity contribution >= 4 is 19.4 Å². The summed E-state index contributed by atoms with van der Waals surface area (Å²) in [4.78, 5) is 33.4. The maximum atomic E-state index is 13.9. The molecule has 2 aliphatic rings. The van der Waals surface area contributed by atoms with E-state index in [4.69, 9.17) is 4.74 Å². The normalized spacial score (nSPS) is 22.1. The van der Waals surface area contributed by atoms with E-state index in [1.807, 2.05) is 5.32 Å². The van der Waals surface area contributed by atoms with Gasteiger partial charge in [0.05, 0.1) is 5.92 Å². The van der Waals surface area contributed by atoms with Gasteiger partial charge in [-0.2, -0.15) is 0 Å². The van der Waals surface area contributed by atoms with E-state index >= 15 is 0 Å². The van der Waals surface area contributed by atoms with Gasteiger partial charge >= 0.3 is 12.1 Å². The molecule has 1 amide bonds. The number of alkyl halides is 1. The molecule has 7 nitrogen and oxygen atoms in total. The molecule has 2 aliphatic carbocycles. The van der Waals surface area contributed by atoms with E-state index < -0.39 is 32.5 Å². The van der Waals surface area contributed by atoms with E-state index in [1.54, 1.807) is 0 Å². The Labute approximate surface area is 166 Å². The van der Waals surface area contributed by atoms with Crippen LogP contribution in [0.1, 0.15) is 70.6 Å². The molecule has 0 spiro atoms. The molecule has 0 aromatic heterocycles. The maximum absolute atomic E-state index is 13.9. The van der Waals surface area contributed by atoms with E-state index in [1.165, 1.54) is 6.42 Å². The minimum absolute atomic E-state index is 0.155. The van der Waals surface area contributed by atoms with Gasteiger partial charge in [-0.15, -0.1) is 0 Å². The smallest absolute Gasteiger partial charge is 0.412 e. The molecule has 0 aliphatic heterocycles. The first-order chi connectivity index (χ1) is 13.4. The third-order valence-corrected chi connectivity index (χ3v) is 7.65. The molecule has 2 rings (SSSR count). The SMILES string of the molecule is O=C(NC(F)CCP(=O)(O)CC1CCCCC1)OCOC(=O)C1CCCCC1. The van der Waals surface area contributed by atoms with E-state index in [2.05, 4.69) is 4.74 Å². The number of hydrogen-bond acceptors (Lipinski definition) is 5. The molecule has 2 atom stereocenters. The van der Waals surface area contributed by atoms with Crippen molar-refractivity contribution in [1.29, 1.82) is 0 Å². The summed E-state index contributed by atoms with van der Waals surface area (Å²) in [5.41, 5.74) is 0. The van der Waals surface area contributed by atoms with E-state index in [0.717, 1.165) is 57.8 Å². The van der Waals surface area contributed by atoms with Crippen LogP contribution < -0.4 is 5.32 Å². The fraction of sp³-hybridized carbons (Fsp3) is 0.895. The van der Waals surface area contributed by atoms with Gasteiger partial charge in [-0.05, 0) is 31.6 Å². The number of carbonyl (C=O) groups excluding carboxylic acids is 2. The third kappa shape index (κ3) is 8.91. The minimum atomic E-state index is -3.41. The second-order valence-corrected chi connectivity index (χ2v) is 10.5. The summed E-state index contributed by atoms with van der Waals surface area (Å²) in [5, 5.41) is 1.96. The van der Waals surface area contributed by atoms with Gasteiger partial charge in [-0.25, -0.2) is 9.18 Å². The lowest BCUT2D eigenvalue weighted by molar-refractivity contribution is -0.158. The van der Waals surface area contributed by atoms with Crippen molar-refractivity contribution in [3.05, 3.63) is 0 Å². The van der Waals surface area contributed by atoms with Gasteiger partial charge in [0.15, 0.2) is 6.30 Å². The average molecular weight is 421 g/mol. The molecule has 0 saturated heterocycles. The van der Waals surface area contributed by atoms with Crippen molar-refractivity contribution < 1.29 is 32.9 Å². The molecule has 0 aromatic rings. The Morgan fingerprint density at radius 2 is 1.64 bits per heavy atom. The van der Waals surface area contributed by atoms with Gasteiger partial charge < -0.3 is 14.4 Å². The topological polar surface area (TPSA) is 102 Å². The predicted octanol–water partition coefficient (Wildman–Crippen LogP) is 4.33. The molecule has 2 unspecified atom stereocenters. The fourth-order valence-electron chi connectivity index (χ4n) is 4.02. The molecular formula is C19H33FNO6P. The number of rotatable bonds is 9. The van der Waals surface area contributed by atoms with Crippen LogP contribution in [0.2, 0.25) is 0 Å².